The van der Waals surface area contributed by atoms with Crippen LogP contribution in [-0.4, -0.2) is 26.9 Å². The summed E-state index contributed by atoms with van der Waals surface area (Å²) >= 11 is 7.17. The number of hydrogen-bond donors (Lipinski definition) is 1. The van der Waals surface area contributed by atoms with Gasteiger partial charge in [0.25, 0.3) is 5.22 Å². The zero-order valence-electron chi connectivity index (χ0n) is 12.9. The summed E-state index contributed by atoms with van der Waals surface area (Å²) in [5, 5.41) is 11.5. The third-order valence-corrected chi connectivity index (χ3v) is 3.79. The van der Waals surface area contributed by atoms with Crippen LogP contribution in [0.2, 0.25) is 5.02 Å². The van der Waals surface area contributed by atoms with Crippen LogP contribution in [0.25, 0.3) is 11.5 Å². The molecule has 2 aromatic rings. The second-order valence-electron chi connectivity index (χ2n) is 5.88. The highest BCUT2D eigenvalue weighted by molar-refractivity contribution is 8.00. The number of carbonyl (C=O) groups is 1. The summed E-state index contributed by atoms with van der Waals surface area (Å²) in [5.74, 6) is 0.313. The van der Waals surface area contributed by atoms with E-state index in [0.717, 1.165) is 5.56 Å². The summed E-state index contributed by atoms with van der Waals surface area (Å²) in [6.45, 7) is 7.61. The van der Waals surface area contributed by atoms with Crippen LogP contribution < -0.4 is 5.32 Å². The monoisotopic (exact) mass is 339 g/mol. The lowest BCUT2D eigenvalue weighted by Crippen LogP contribution is -2.44. The second kappa shape index (κ2) is 6.71. The molecule has 0 aliphatic carbocycles. The van der Waals surface area contributed by atoms with Gasteiger partial charge in [0.15, 0.2) is 0 Å². The fourth-order valence-electron chi connectivity index (χ4n) is 1.67. The number of amides is 1. The molecule has 1 aromatic carbocycles. The Bertz CT molecular complexity index is 667. The van der Waals surface area contributed by atoms with E-state index < -0.39 is 0 Å². The lowest BCUT2D eigenvalue weighted by Gasteiger charge is -2.22. The lowest BCUT2D eigenvalue weighted by atomic mass is 10.1. The average molecular weight is 340 g/mol. The van der Waals surface area contributed by atoms with E-state index in [0.29, 0.717) is 16.1 Å². The molecule has 0 unspecified atom stereocenters. The van der Waals surface area contributed by atoms with Crippen LogP contribution in [0.1, 0.15) is 27.7 Å². The van der Waals surface area contributed by atoms with Crippen molar-refractivity contribution in [2.24, 2.45) is 0 Å². The molecule has 0 spiro atoms. The largest absolute Gasteiger partial charge is 0.411 e. The van der Waals surface area contributed by atoms with Crippen molar-refractivity contribution < 1.29 is 9.21 Å². The number of hydrogen-bond acceptors (Lipinski definition) is 5. The van der Waals surface area contributed by atoms with Gasteiger partial charge in [-0.15, -0.1) is 10.2 Å². The second-order valence-corrected chi connectivity index (χ2v) is 7.61. The summed E-state index contributed by atoms with van der Waals surface area (Å²) in [4.78, 5) is 12.0. The molecule has 1 amide bonds. The first-order valence-corrected chi connectivity index (χ1v) is 8.08. The van der Waals surface area contributed by atoms with Gasteiger partial charge in [-0.3, -0.25) is 4.79 Å². The average Bonchev–Trinajstić information content (AvgIpc) is 2.85. The summed E-state index contributed by atoms with van der Waals surface area (Å²) in [6, 6.07) is 7.17. The standard InChI is InChI=1S/C15H18ClN3O2S/c1-9(12(20)17-15(2,3)4)22-14-19-18-13(21-14)10-6-5-7-11(16)8-10/h5-9H,1-4H3,(H,17,20)/t9-/m0/s1. The number of halogens is 1. The van der Waals surface area contributed by atoms with Crippen molar-refractivity contribution >= 4 is 29.3 Å². The van der Waals surface area contributed by atoms with Crippen LogP contribution in [0.3, 0.4) is 0 Å². The highest BCUT2D eigenvalue weighted by Gasteiger charge is 2.22. The molecule has 1 atom stereocenters. The van der Waals surface area contributed by atoms with Crippen LogP contribution >= 0.6 is 23.4 Å². The maximum atomic E-state index is 12.0. The van der Waals surface area contributed by atoms with Gasteiger partial charge in [-0.1, -0.05) is 29.4 Å². The number of thioether (sulfide) groups is 1. The summed E-state index contributed by atoms with van der Waals surface area (Å²) in [6.07, 6.45) is 0. The molecular weight excluding hydrogens is 322 g/mol. The molecule has 5 nitrogen and oxygen atoms in total. The van der Waals surface area contributed by atoms with Crippen LogP contribution in [-0.2, 0) is 4.79 Å². The number of nitrogens with zero attached hydrogens (tertiary/aromatic N) is 2. The van der Waals surface area contributed by atoms with E-state index in [2.05, 4.69) is 15.5 Å². The van der Waals surface area contributed by atoms with Crippen LogP contribution in [0.4, 0.5) is 0 Å². The van der Waals surface area contributed by atoms with E-state index in [-0.39, 0.29) is 16.7 Å². The molecule has 0 aliphatic rings. The van der Waals surface area contributed by atoms with E-state index in [1.54, 1.807) is 19.1 Å². The van der Waals surface area contributed by atoms with Gasteiger partial charge >= 0.3 is 0 Å². The van der Waals surface area contributed by atoms with Crippen molar-refractivity contribution in [1.82, 2.24) is 15.5 Å². The van der Waals surface area contributed by atoms with Crippen molar-refractivity contribution in [2.75, 3.05) is 0 Å². The van der Waals surface area contributed by atoms with E-state index >= 15 is 0 Å². The normalized spacial score (nSPS) is 13.0. The van der Waals surface area contributed by atoms with Crippen LogP contribution in [0.15, 0.2) is 33.9 Å². The van der Waals surface area contributed by atoms with Crippen LogP contribution in [0, 0.1) is 0 Å². The molecule has 0 aliphatic heterocycles. The number of benzene rings is 1. The first-order chi connectivity index (χ1) is 10.2. The minimum absolute atomic E-state index is 0.0694. The van der Waals surface area contributed by atoms with E-state index in [1.165, 1.54) is 11.8 Å². The number of nitrogens with one attached hydrogen (secondary N) is 1. The van der Waals surface area contributed by atoms with Crippen molar-refractivity contribution in [3.05, 3.63) is 29.3 Å². The van der Waals surface area contributed by atoms with Gasteiger partial charge in [-0.25, -0.2) is 0 Å². The molecule has 0 fully saturated rings. The fraction of sp³-hybridized carbons (Fsp3) is 0.400. The molecule has 2 rings (SSSR count). The fourth-order valence-corrected chi connectivity index (χ4v) is 2.55. The molecular formula is C15H18ClN3O2S. The molecule has 7 heteroatoms. The molecule has 1 aromatic heterocycles. The maximum absolute atomic E-state index is 12.0. The van der Waals surface area contributed by atoms with Crippen molar-refractivity contribution in [3.63, 3.8) is 0 Å². The molecule has 0 saturated carbocycles. The zero-order chi connectivity index (χ0) is 16.3. The minimum atomic E-state index is -0.327. The summed E-state index contributed by atoms with van der Waals surface area (Å²) in [7, 11) is 0. The van der Waals surface area contributed by atoms with Gasteiger partial charge in [-0.05, 0) is 45.9 Å². The Hall–Kier alpha value is -1.53. The third-order valence-electron chi connectivity index (χ3n) is 2.62. The highest BCUT2D eigenvalue weighted by Crippen LogP contribution is 2.27. The number of aromatic nitrogens is 2. The molecule has 0 saturated heterocycles. The molecule has 0 radical (unpaired) electrons. The van der Waals surface area contributed by atoms with Crippen molar-refractivity contribution in [1.29, 1.82) is 0 Å². The van der Waals surface area contributed by atoms with Gasteiger partial charge < -0.3 is 9.73 Å². The Labute approximate surface area is 138 Å². The Morgan fingerprint density at radius 3 is 2.73 bits per heavy atom. The van der Waals surface area contributed by atoms with E-state index in [9.17, 15) is 4.79 Å². The molecule has 1 heterocycles. The lowest BCUT2D eigenvalue weighted by molar-refractivity contribution is -0.121. The molecule has 1 N–H and O–H groups in total. The number of carbonyl (C=O) groups excluding carboxylic acids is 1. The van der Waals surface area contributed by atoms with Gasteiger partial charge in [-0.2, -0.15) is 0 Å². The van der Waals surface area contributed by atoms with E-state index in [1.807, 2.05) is 32.9 Å². The van der Waals surface area contributed by atoms with E-state index in [4.69, 9.17) is 16.0 Å². The predicted molar refractivity (Wildman–Crippen MR) is 88.0 cm³/mol. The smallest absolute Gasteiger partial charge is 0.277 e. The minimum Gasteiger partial charge on any atom is -0.411 e. The Kier molecular flexibility index (Phi) is 5.13. The SMILES string of the molecule is C[C@H](Sc1nnc(-c2cccc(Cl)c2)o1)C(=O)NC(C)(C)C. The Morgan fingerprint density at radius 1 is 1.36 bits per heavy atom. The molecule has 22 heavy (non-hydrogen) atoms. The first-order valence-electron chi connectivity index (χ1n) is 6.83. The summed E-state index contributed by atoms with van der Waals surface area (Å²) < 4.78 is 5.58. The van der Waals surface area contributed by atoms with Crippen LogP contribution in [0.5, 0.6) is 0 Å². The zero-order valence-corrected chi connectivity index (χ0v) is 14.5. The maximum Gasteiger partial charge on any atom is 0.277 e. The Balaban J connectivity index is 2.04. The van der Waals surface area contributed by atoms with Gasteiger partial charge in [0, 0.05) is 16.1 Å². The van der Waals surface area contributed by atoms with Gasteiger partial charge in [0.2, 0.25) is 11.8 Å². The predicted octanol–water partition coefficient (Wildman–Crippen LogP) is 3.79. The quantitative estimate of drug-likeness (QED) is 0.858. The van der Waals surface area contributed by atoms with Crippen molar-refractivity contribution in [2.45, 2.75) is 43.7 Å². The van der Waals surface area contributed by atoms with Crippen molar-refractivity contribution in [3.8, 4) is 11.5 Å². The molecule has 0 bridgehead atoms. The highest BCUT2D eigenvalue weighted by atomic mass is 35.5. The number of rotatable bonds is 4. The molecule has 118 valence electrons. The Morgan fingerprint density at radius 2 is 2.09 bits per heavy atom. The summed E-state index contributed by atoms with van der Waals surface area (Å²) in [5.41, 5.74) is 0.478. The van der Waals surface area contributed by atoms with Gasteiger partial charge in [0.05, 0.1) is 5.25 Å². The van der Waals surface area contributed by atoms with Gasteiger partial charge in [0.1, 0.15) is 0 Å². The first kappa shape index (κ1) is 16.8. The topological polar surface area (TPSA) is 68.0 Å². The third kappa shape index (κ3) is 4.74.